The van der Waals surface area contributed by atoms with Gasteiger partial charge >= 0.3 is 5.97 Å². The number of carboxylic acid groups (broad SMARTS) is 1. The number of aromatic carboxylic acids is 1. The zero-order valence-corrected chi connectivity index (χ0v) is 11.2. The van der Waals surface area contributed by atoms with Crippen molar-refractivity contribution < 1.29 is 14.6 Å². The van der Waals surface area contributed by atoms with Gasteiger partial charge in [0, 0.05) is 18.5 Å². The van der Waals surface area contributed by atoms with Gasteiger partial charge in [-0.15, -0.1) is 11.3 Å². The second-order valence-electron chi connectivity index (χ2n) is 3.90. The van der Waals surface area contributed by atoms with Crippen LogP contribution in [0, 0.1) is 0 Å². The normalized spacial score (nSPS) is 10.4. The van der Waals surface area contributed by atoms with Crippen molar-refractivity contribution in [3.8, 4) is 5.75 Å². The Kier molecular flexibility index (Phi) is 4.48. The molecule has 19 heavy (non-hydrogen) atoms. The lowest BCUT2D eigenvalue weighted by atomic mass is 10.2. The van der Waals surface area contributed by atoms with Crippen molar-refractivity contribution in [1.29, 1.82) is 0 Å². The molecule has 6 heteroatoms. The van der Waals surface area contributed by atoms with Crippen molar-refractivity contribution in [2.75, 3.05) is 7.11 Å². The van der Waals surface area contributed by atoms with Crippen LogP contribution in [0.4, 0.5) is 0 Å². The Morgan fingerprint density at radius 3 is 3.00 bits per heavy atom. The average molecular weight is 278 g/mol. The van der Waals surface area contributed by atoms with Crippen molar-refractivity contribution in [3.05, 3.63) is 45.9 Å². The van der Waals surface area contributed by atoms with Gasteiger partial charge in [0.15, 0.2) is 0 Å². The van der Waals surface area contributed by atoms with Gasteiger partial charge in [-0.2, -0.15) is 0 Å². The number of thiazole rings is 1. The summed E-state index contributed by atoms with van der Waals surface area (Å²) >= 11 is 1.14. The minimum atomic E-state index is -0.982. The summed E-state index contributed by atoms with van der Waals surface area (Å²) in [5.74, 6) is -0.162. The second-order valence-corrected chi connectivity index (χ2v) is 4.76. The van der Waals surface area contributed by atoms with E-state index in [1.165, 1.54) is 0 Å². The number of carbonyl (C=O) groups is 1. The van der Waals surface area contributed by atoms with Crippen LogP contribution in [0.25, 0.3) is 0 Å². The van der Waals surface area contributed by atoms with Gasteiger partial charge in [-0.25, -0.2) is 9.78 Å². The van der Waals surface area contributed by atoms with E-state index in [0.717, 1.165) is 28.3 Å². The molecular weight excluding hydrogens is 264 g/mol. The Hall–Kier alpha value is -1.92. The lowest BCUT2D eigenvalue weighted by Gasteiger charge is -2.05. The molecule has 0 bridgehead atoms. The smallest absolute Gasteiger partial charge is 0.365 e. The molecular formula is C13H14N2O3S. The summed E-state index contributed by atoms with van der Waals surface area (Å²) in [4.78, 5) is 14.7. The van der Waals surface area contributed by atoms with Crippen LogP contribution < -0.4 is 10.1 Å². The zero-order valence-electron chi connectivity index (χ0n) is 10.4. The largest absolute Gasteiger partial charge is 0.497 e. The van der Waals surface area contributed by atoms with Crippen LogP contribution in [0.1, 0.15) is 21.1 Å². The summed E-state index contributed by atoms with van der Waals surface area (Å²) in [6.45, 7) is 1.22. The van der Waals surface area contributed by atoms with E-state index in [4.69, 9.17) is 9.84 Å². The fourth-order valence-corrected chi connectivity index (χ4v) is 2.26. The van der Waals surface area contributed by atoms with Crippen LogP contribution in [-0.2, 0) is 13.1 Å². The highest BCUT2D eigenvalue weighted by molar-refractivity contribution is 7.11. The fourth-order valence-electron chi connectivity index (χ4n) is 1.60. The molecule has 100 valence electrons. The topological polar surface area (TPSA) is 71.5 Å². The molecule has 0 spiro atoms. The molecule has 0 unspecified atom stereocenters. The van der Waals surface area contributed by atoms with E-state index in [1.807, 2.05) is 24.3 Å². The number of hydrogen-bond acceptors (Lipinski definition) is 5. The van der Waals surface area contributed by atoms with Crippen molar-refractivity contribution in [3.63, 3.8) is 0 Å². The van der Waals surface area contributed by atoms with Crippen molar-refractivity contribution in [2.24, 2.45) is 0 Å². The predicted molar refractivity (Wildman–Crippen MR) is 72.6 cm³/mol. The number of benzene rings is 1. The molecule has 5 nitrogen and oxygen atoms in total. The number of methoxy groups -OCH3 is 1. The van der Waals surface area contributed by atoms with Crippen molar-refractivity contribution in [1.82, 2.24) is 10.3 Å². The maximum absolute atomic E-state index is 10.7. The van der Waals surface area contributed by atoms with Gasteiger partial charge in [0.05, 0.1) is 12.8 Å². The summed E-state index contributed by atoms with van der Waals surface area (Å²) < 4.78 is 5.15. The SMILES string of the molecule is COc1cccc(CNCc2csc(C(=O)O)n2)c1. The lowest BCUT2D eigenvalue weighted by molar-refractivity contribution is 0.0696. The Morgan fingerprint density at radius 2 is 2.32 bits per heavy atom. The number of ether oxygens (including phenoxy) is 1. The first-order valence-electron chi connectivity index (χ1n) is 5.70. The molecule has 1 aromatic carbocycles. The minimum Gasteiger partial charge on any atom is -0.497 e. The standard InChI is InChI=1S/C13H14N2O3S/c1-18-11-4-2-3-9(5-11)6-14-7-10-8-19-12(15-10)13(16)17/h2-5,8,14H,6-7H2,1H3,(H,16,17). The van der Waals surface area contributed by atoms with Crippen LogP contribution >= 0.6 is 11.3 Å². The number of nitrogens with zero attached hydrogens (tertiary/aromatic N) is 1. The van der Waals surface area contributed by atoms with Gasteiger partial charge in [0.25, 0.3) is 0 Å². The summed E-state index contributed by atoms with van der Waals surface area (Å²) in [6, 6.07) is 7.78. The van der Waals surface area contributed by atoms with Crippen molar-refractivity contribution in [2.45, 2.75) is 13.1 Å². The molecule has 2 rings (SSSR count). The third-order valence-electron chi connectivity index (χ3n) is 2.50. The molecule has 2 aromatic rings. The van der Waals surface area contributed by atoms with E-state index in [2.05, 4.69) is 10.3 Å². The Bertz CT molecular complexity index is 569. The van der Waals surface area contributed by atoms with Gasteiger partial charge in [0.2, 0.25) is 5.01 Å². The Morgan fingerprint density at radius 1 is 1.47 bits per heavy atom. The number of nitrogens with one attached hydrogen (secondary N) is 1. The van der Waals surface area contributed by atoms with E-state index >= 15 is 0 Å². The summed E-state index contributed by atoms with van der Waals surface area (Å²) in [5.41, 5.74) is 1.85. The molecule has 0 aliphatic rings. The monoisotopic (exact) mass is 278 g/mol. The number of rotatable bonds is 6. The van der Waals surface area contributed by atoms with E-state index in [9.17, 15) is 4.79 Å². The van der Waals surface area contributed by atoms with Gasteiger partial charge < -0.3 is 15.2 Å². The highest BCUT2D eigenvalue weighted by atomic mass is 32.1. The quantitative estimate of drug-likeness (QED) is 0.847. The van der Waals surface area contributed by atoms with Crippen LogP contribution in [-0.4, -0.2) is 23.2 Å². The first-order valence-corrected chi connectivity index (χ1v) is 6.58. The van der Waals surface area contributed by atoms with E-state index in [1.54, 1.807) is 12.5 Å². The summed E-state index contributed by atoms with van der Waals surface area (Å²) in [5, 5.41) is 13.9. The van der Waals surface area contributed by atoms with Gasteiger partial charge in [0.1, 0.15) is 5.75 Å². The number of hydrogen-bond donors (Lipinski definition) is 2. The van der Waals surface area contributed by atoms with Crippen LogP contribution in [0.2, 0.25) is 0 Å². The first-order chi connectivity index (χ1) is 9.19. The molecule has 0 fully saturated rings. The zero-order chi connectivity index (χ0) is 13.7. The number of aromatic nitrogens is 1. The summed E-state index contributed by atoms with van der Waals surface area (Å²) in [7, 11) is 1.63. The lowest BCUT2D eigenvalue weighted by Crippen LogP contribution is -2.13. The second kappa shape index (κ2) is 6.31. The van der Waals surface area contributed by atoms with Crippen LogP contribution in [0.15, 0.2) is 29.6 Å². The maximum Gasteiger partial charge on any atom is 0.365 e. The van der Waals surface area contributed by atoms with Gasteiger partial charge in [-0.3, -0.25) is 0 Å². The molecule has 0 aliphatic heterocycles. The Labute approximate surface area is 114 Å². The maximum atomic E-state index is 10.7. The van der Waals surface area contributed by atoms with Gasteiger partial charge in [-0.1, -0.05) is 12.1 Å². The molecule has 0 radical (unpaired) electrons. The first kappa shape index (κ1) is 13.5. The Balaban J connectivity index is 1.86. The molecule has 1 heterocycles. The average Bonchev–Trinajstić information content (AvgIpc) is 2.88. The highest BCUT2D eigenvalue weighted by Crippen LogP contribution is 2.13. The van der Waals surface area contributed by atoms with Crippen LogP contribution in [0.3, 0.4) is 0 Å². The van der Waals surface area contributed by atoms with Crippen molar-refractivity contribution >= 4 is 17.3 Å². The highest BCUT2D eigenvalue weighted by Gasteiger charge is 2.08. The molecule has 0 saturated heterocycles. The van der Waals surface area contributed by atoms with E-state index < -0.39 is 5.97 Å². The fraction of sp³-hybridized carbons (Fsp3) is 0.231. The molecule has 0 aliphatic carbocycles. The molecule has 0 saturated carbocycles. The minimum absolute atomic E-state index is 0.123. The van der Waals surface area contributed by atoms with Gasteiger partial charge in [-0.05, 0) is 17.7 Å². The molecule has 1 aromatic heterocycles. The molecule has 2 N–H and O–H groups in total. The van der Waals surface area contributed by atoms with E-state index in [0.29, 0.717) is 13.1 Å². The molecule has 0 amide bonds. The number of carboxylic acids is 1. The third-order valence-corrected chi connectivity index (χ3v) is 3.38. The predicted octanol–water partition coefficient (Wildman–Crippen LogP) is 2.14. The van der Waals surface area contributed by atoms with Crippen LogP contribution in [0.5, 0.6) is 5.75 Å². The van der Waals surface area contributed by atoms with E-state index in [-0.39, 0.29) is 5.01 Å². The third kappa shape index (κ3) is 3.77. The summed E-state index contributed by atoms with van der Waals surface area (Å²) in [6.07, 6.45) is 0. The molecule has 0 atom stereocenters.